The van der Waals surface area contributed by atoms with E-state index in [1.165, 1.54) is 70.1 Å². The van der Waals surface area contributed by atoms with Gasteiger partial charge >= 0.3 is 0 Å². The lowest BCUT2D eigenvalue weighted by Gasteiger charge is -2.15. The van der Waals surface area contributed by atoms with E-state index in [4.69, 9.17) is 0 Å². The molecule has 150 valence electrons. The van der Waals surface area contributed by atoms with E-state index >= 15 is 0 Å². The Morgan fingerprint density at radius 1 is 1.07 bits per heavy atom. The number of unbranched alkanes of at least 4 members (excludes halogenated alkanes) is 1. The van der Waals surface area contributed by atoms with Crippen molar-refractivity contribution in [1.29, 1.82) is 0 Å². The van der Waals surface area contributed by atoms with Gasteiger partial charge in [0.15, 0.2) is 0 Å². The monoisotopic (exact) mass is 379 g/mol. The van der Waals surface area contributed by atoms with Gasteiger partial charge in [-0.3, -0.25) is 0 Å². The van der Waals surface area contributed by atoms with Crippen molar-refractivity contribution in [3.8, 4) is 0 Å². The van der Waals surface area contributed by atoms with Gasteiger partial charge in [0, 0.05) is 24.5 Å². The molecule has 0 unspecified atom stereocenters. The Hall–Kier alpha value is -2.14. The molecule has 1 aromatic carbocycles. The smallest absolute Gasteiger partial charge is 0.229 e. The number of anilines is 3. The van der Waals surface area contributed by atoms with Crippen molar-refractivity contribution in [3.63, 3.8) is 0 Å². The van der Waals surface area contributed by atoms with Crippen LogP contribution in [0.4, 0.5) is 17.5 Å². The maximum atomic E-state index is 4.53. The third-order valence-corrected chi connectivity index (χ3v) is 5.90. The first-order valence-corrected chi connectivity index (χ1v) is 10.9. The van der Waals surface area contributed by atoms with Crippen molar-refractivity contribution in [3.05, 3.63) is 41.1 Å². The molecule has 2 N–H and O–H groups in total. The second-order valence-electron chi connectivity index (χ2n) is 8.29. The molecule has 2 fully saturated rings. The van der Waals surface area contributed by atoms with Crippen LogP contribution >= 0.6 is 0 Å². The summed E-state index contributed by atoms with van der Waals surface area (Å²) in [6, 6.07) is 8.79. The fourth-order valence-corrected chi connectivity index (χ4v) is 4.23. The van der Waals surface area contributed by atoms with E-state index < -0.39 is 0 Å². The Bertz CT molecular complexity index is 794. The quantitative estimate of drug-likeness (QED) is 0.609. The molecule has 0 spiro atoms. The first-order valence-electron chi connectivity index (χ1n) is 10.9. The van der Waals surface area contributed by atoms with Gasteiger partial charge in [0.2, 0.25) is 5.95 Å². The summed E-state index contributed by atoms with van der Waals surface area (Å²) in [7, 11) is 1.89. The van der Waals surface area contributed by atoms with Crippen LogP contribution in [0.15, 0.2) is 24.3 Å². The molecule has 1 aromatic heterocycles. The molecule has 5 nitrogen and oxygen atoms in total. The molecular weight excluding hydrogens is 346 g/mol. The first kappa shape index (κ1) is 19.2. The van der Waals surface area contributed by atoms with Crippen molar-refractivity contribution >= 4 is 17.5 Å². The molecule has 0 amide bonds. The largest absolute Gasteiger partial charge is 0.373 e. The second kappa shape index (κ2) is 8.91. The molecule has 2 aromatic rings. The van der Waals surface area contributed by atoms with Crippen LogP contribution in [0.1, 0.15) is 61.3 Å². The molecule has 4 rings (SSSR count). The van der Waals surface area contributed by atoms with Crippen molar-refractivity contribution in [2.24, 2.45) is 0 Å². The molecule has 1 aliphatic heterocycles. The van der Waals surface area contributed by atoms with Gasteiger partial charge in [-0.25, -0.2) is 4.98 Å². The molecule has 1 aliphatic carbocycles. The SMILES string of the molecule is CNc1cc(C)nc(Nc2ccc(C3CC3)c(CCCCN3CCCC3)c2)n1. The summed E-state index contributed by atoms with van der Waals surface area (Å²) in [6.45, 7) is 5.87. The van der Waals surface area contributed by atoms with Crippen LogP contribution in [0, 0.1) is 6.92 Å². The summed E-state index contributed by atoms with van der Waals surface area (Å²) in [5.41, 5.74) is 5.12. The highest BCUT2D eigenvalue weighted by Gasteiger charge is 2.26. The highest BCUT2D eigenvalue weighted by Crippen LogP contribution is 2.42. The van der Waals surface area contributed by atoms with Crippen molar-refractivity contribution in [1.82, 2.24) is 14.9 Å². The topological polar surface area (TPSA) is 53.1 Å². The Kier molecular flexibility index (Phi) is 6.10. The number of nitrogens with zero attached hydrogens (tertiary/aromatic N) is 3. The maximum absolute atomic E-state index is 4.53. The van der Waals surface area contributed by atoms with Gasteiger partial charge in [-0.1, -0.05) is 6.07 Å². The van der Waals surface area contributed by atoms with Crippen molar-refractivity contribution in [2.75, 3.05) is 37.3 Å². The molecule has 1 saturated heterocycles. The molecule has 0 radical (unpaired) electrons. The highest BCUT2D eigenvalue weighted by atomic mass is 15.1. The van der Waals surface area contributed by atoms with Crippen LogP contribution in [0.25, 0.3) is 0 Å². The number of hydrogen-bond acceptors (Lipinski definition) is 5. The zero-order chi connectivity index (χ0) is 19.3. The van der Waals surface area contributed by atoms with Gasteiger partial charge in [-0.15, -0.1) is 0 Å². The van der Waals surface area contributed by atoms with Gasteiger partial charge in [-0.05, 0) is 101 Å². The Morgan fingerprint density at radius 3 is 2.64 bits per heavy atom. The highest BCUT2D eigenvalue weighted by molar-refractivity contribution is 5.58. The van der Waals surface area contributed by atoms with Crippen LogP contribution in [-0.2, 0) is 6.42 Å². The number of hydrogen-bond donors (Lipinski definition) is 2. The first-order chi connectivity index (χ1) is 13.7. The third-order valence-electron chi connectivity index (χ3n) is 5.90. The van der Waals surface area contributed by atoms with Gasteiger partial charge in [0.25, 0.3) is 0 Å². The normalized spacial score (nSPS) is 17.1. The van der Waals surface area contributed by atoms with Crippen LogP contribution in [0.2, 0.25) is 0 Å². The Labute approximate surface area is 169 Å². The summed E-state index contributed by atoms with van der Waals surface area (Å²) in [4.78, 5) is 11.7. The molecule has 5 heteroatoms. The lowest BCUT2D eigenvalue weighted by molar-refractivity contribution is 0.330. The second-order valence-corrected chi connectivity index (χ2v) is 8.29. The number of aromatic nitrogens is 2. The lowest BCUT2D eigenvalue weighted by atomic mass is 9.97. The standard InChI is InChI=1S/C23H33N5/c1-17-15-22(24-2)27-23(25-17)26-20-10-11-21(18-8-9-18)19(16-20)7-3-4-12-28-13-5-6-14-28/h10-11,15-16,18H,3-9,12-14H2,1-2H3,(H2,24,25,26,27). The molecule has 0 atom stereocenters. The average molecular weight is 380 g/mol. The molecule has 1 saturated carbocycles. The maximum Gasteiger partial charge on any atom is 0.229 e. The zero-order valence-electron chi connectivity index (χ0n) is 17.3. The minimum absolute atomic E-state index is 0.656. The van der Waals surface area contributed by atoms with Crippen LogP contribution < -0.4 is 10.6 Å². The zero-order valence-corrected chi connectivity index (χ0v) is 17.3. The number of aryl methyl sites for hydroxylation is 2. The van der Waals surface area contributed by atoms with Crippen molar-refractivity contribution in [2.45, 2.75) is 57.8 Å². The summed E-state index contributed by atoms with van der Waals surface area (Å²) in [5, 5.41) is 6.51. The number of rotatable bonds is 9. The van der Waals surface area contributed by atoms with Crippen LogP contribution in [0.5, 0.6) is 0 Å². The molecule has 0 bridgehead atoms. The fourth-order valence-electron chi connectivity index (χ4n) is 4.23. The number of benzene rings is 1. The molecule has 28 heavy (non-hydrogen) atoms. The Balaban J connectivity index is 1.42. The van der Waals surface area contributed by atoms with Crippen LogP contribution in [-0.4, -0.2) is 41.5 Å². The third kappa shape index (κ3) is 5.02. The van der Waals surface area contributed by atoms with Gasteiger partial charge in [0.05, 0.1) is 0 Å². The van der Waals surface area contributed by atoms with Gasteiger partial charge in [-0.2, -0.15) is 4.98 Å². The summed E-state index contributed by atoms with van der Waals surface area (Å²) in [5.74, 6) is 2.28. The van der Waals surface area contributed by atoms with E-state index in [1.807, 2.05) is 20.0 Å². The predicted octanol–water partition coefficient (Wildman–Crippen LogP) is 4.87. The van der Waals surface area contributed by atoms with Crippen molar-refractivity contribution < 1.29 is 0 Å². The Morgan fingerprint density at radius 2 is 1.89 bits per heavy atom. The van der Waals surface area contributed by atoms with Gasteiger partial charge < -0.3 is 15.5 Å². The van der Waals surface area contributed by atoms with E-state index in [0.717, 1.165) is 23.1 Å². The number of likely N-dealkylation sites (tertiary alicyclic amines) is 1. The summed E-state index contributed by atoms with van der Waals surface area (Å²) >= 11 is 0. The van der Waals surface area contributed by atoms with Gasteiger partial charge in [0.1, 0.15) is 5.82 Å². The van der Waals surface area contributed by atoms with E-state index in [2.05, 4.69) is 43.7 Å². The molecule has 2 heterocycles. The summed E-state index contributed by atoms with van der Waals surface area (Å²) in [6.07, 6.45) is 9.20. The molecular formula is C23H33N5. The van der Waals surface area contributed by atoms with E-state index in [0.29, 0.717) is 5.95 Å². The lowest BCUT2D eigenvalue weighted by Crippen LogP contribution is -2.20. The fraction of sp³-hybridized carbons (Fsp3) is 0.565. The summed E-state index contributed by atoms with van der Waals surface area (Å²) < 4.78 is 0. The predicted molar refractivity (Wildman–Crippen MR) is 117 cm³/mol. The van der Waals surface area contributed by atoms with E-state index in [-0.39, 0.29) is 0 Å². The minimum atomic E-state index is 0.656. The minimum Gasteiger partial charge on any atom is -0.373 e. The number of nitrogens with one attached hydrogen (secondary N) is 2. The van der Waals surface area contributed by atoms with E-state index in [1.54, 1.807) is 5.56 Å². The molecule has 2 aliphatic rings. The van der Waals surface area contributed by atoms with E-state index in [9.17, 15) is 0 Å². The van der Waals surface area contributed by atoms with Crippen LogP contribution in [0.3, 0.4) is 0 Å². The average Bonchev–Trinajstić information content (AvgIpc) is 3.40.